The predicted molar refractivity (Wildman–Crippen MR) is 69.9 cm³/mol. The molecule has 0 fully saturated rings. The lowest BCUT2D eigenvalue weighted by atomic mass is 9.99. The van der Waals surface area contributed by atoms with Gasteiger partial charge in [-0.3, -0.25) is 0 Å². The minimum absolute atomic E-state index is 0.209. The highest BCUT2D eigenvalue weighted by molar-refractivity contribution is 5.32. The summed E-state index contributed by atoms with van der Waals surface area (Å²) in [6.45, 7) is 0. The molecule has 2 aromatic rings. The van der Waals surface area contributed by atoms with Gasteiger partial charge in [0.1, 0.15) is 11.6 Å². The summed E-state index contributed by atoms with van der Waals surface area (Å²) in [7, 11) is 1.44. The SMILES string of the molecule is COc1ccc(C(N)Cc2ccc(F)c(F)c2)c(F)c1. The number of methoxy groups -OCH3 is 1. The third kappa shape index (κ3) is 3.11. The number of hydrogen-bond acceptors (Lipinski definition) is 2. The van der Waals surface area contributed by atoms with Crippen molar-refractivity contribution in [1.82, 2.24) is 0 Å². The maximum Gasteiger partial charge on any atom is 0.159 e. The van der Waals surface area contributed by atoms with Crippen LogP contribution in [0.15, 0.2) is 36.4 Å². The minimum atomic E-state index is -0.940. The first-order valence-electron chi connectivity index (χ1n) is 6.04. The Labute approximate surface area is 115 Å². The van der Waals surface area contributed by atoms with Gasteiger partial charge in [0, 0.05) is 17.7 Å². The van der Waals surface area contributed by atoms with E-state index >= 15 is 0 Å². The van der Waals surface area contributed by atoms with Gasteiger partial charge >= 0.3 is 0 Å². The van der Waals surface area contributed by atoms with Gasteiger partial charge in [-0.15, -0.1) is 0 Å². The highest BCUT2D eigenvalue weighted by Gasteiger charge is 2.14. The normalized spacial score (nSPS) is 12.2. The van der Waals surface area contributed by atoms with Crippen molar-refractivity contribution in [1.29, 1.82) is 0 Å². The fourth-order valence-electron chi connectivity index (χ4n) is 1.97. The lowest BCUT2D eigenvalue weighted by molar-refractivity contribution is 0.410. The second kappa shape index (κ2) is 5.96. The molecule has 0 saturated heterocycles. The summed E-state index contributed by atoms with van der Waals surface area (Å²) >= 11 is 0. The Kier molecular flexibility index (Phi) is 4.29. The van der Waals surface area contributed by atoms with Gasteiger partial charge in [0.25, 0.3) is 0 Å². The van der Waals surface area contributed by atoms with E-state index in [-0.39, 0.29) is 6.42 Å². The summed E-state index contributed by atoms with van der Waals surface area (Å²) in [5.41, 5.74) is 6.72. The Balaban J connectivity index is 2.19. The summed E-state index contributed by atoms with van der Waals surface area (Å²) in [4.78, 5) is 0. The van der Waals surface area contributed by atoms with Gasteiger partial charge in [0.05, 0.1) is 7.11 Å². The fraction of sp³-hybridized carbons (Fsp3) is 0.200. The van der Waals surface area contributed by atoms with E-state index in [1.54, 1.807) is 6.07 Å². The van der Waals surface area contributed by atoms with E-state index in [9.17, 15) is 13.2 Å². The van der Waals surface area contributed by atoms with Crippen LogP contribution in [0.4, 0.5) is 13.2 Å². The maximum atomic E-state index is 13.8. The summed E-state index contributed by atoms with van der Waals surface area (Å²) < 4.78 is 44.7. The topological polar surface area (TPSA) is 35.2 Å². The van der Waals surface area contributed by atoms with Crippen molar-refractivity contribution in [2.75, 3.05) is 7.11 Å². The lowest BCUT2D eigenvalue weighted by Crippen LogP contribution is -2.15. The van der Waals surface area contributed by atoms with Crippen molar-refractivity contribution in [3.63, 3.8) is 0 Å². The number of nitrogens with two attached hydrogens (primary N) is 1. The number of benzene rings is 2. The van der Waals surface area contributed by atoms with Crippen molar-refractivity contribution >= 4 is 0 Å². The molecule has 106 valence electrons. The first-order chi connectivity index (χ1) is 9.51. The molecular weight excluding hydrogens is 267 g/mol. The molecule has 2 N–H and O–H groups in total. The van der Waals surface area contributed by atoms with Crippen LogP contribution in [0.25, 0.3) is 0 Å². The first-order valence-corrected chi connectivity index (χ1v) is 6.04. The summed E-state index contributed by atoms with van der Waals surface area (Å²) in [6, 6.07) is 7.24. The quantitative estimate of drug-likeness (QED) is 0.932. The average molecular weight is 281 g/mol. The summed E-state index contributed by atoms with van der Waals surface area (Å²) in [5, 5.41) is 0. The monoisotopic (exact) mass is 281 g/mol. The minimum Gasteiger partial charge on any atom is -0.497 e. The van der Waals surface area contributed by atoms with Crippen LogP contribution in [0, 0.1) is 17.5 Å². The molecule has 0 aliphatic heterocycles. The molecule has 1 unspecified atom stereocenters. The largest absolute Gasteiger partial charge is 0.497 e. The lowest BCUT2D eigenvalue weighted by Gasteiger charge is -2.14. The van der Waals surface area contributed by atoms with Crippen LogP contribution in [-0.2, 0) is 6.42 Å². The Morgan fingerprint density at radius 2 is 1.75 bits per heavy atom. The van der Waals surface area contributed by atoms with E-state index < -0.39 is 23.5 Å². The smallest absolute Gasteiger partial charge is 0.159 e. The van der Waals surface area contributed by atoms with Crippen LogP contribution >= 0.6 is 0 Å². The van der Waals surface area contributed by atoms with Gasteiger partial charge in [-0.05, 0) is 30.2 Å². The predicted octanol–water partition coefficient (Wildman–Crippen LogP) is 3.36. The van der Waals surface area contributed by atoms with Gasteiger partial charge in [-0.25, -0.2) is 13.2 Å². The third-order valence-electron chi connectivity index (χ3n) is 3.05. The number of halogens is 3. The molecule has 2 rings (SSSR count). The van der Waals surface area contributed by atoms with E-state index in [0.29, 0.717) is 16.9 Å². The Hall–Kier alpha value is -2.01. The molecule has 0 aromatic heterocycles. The fourth-order valence-corrected chi connectivity index (χ4v) is 1.97. The summed E-state index contributed by atoms with van der Waals surface area (Å²) in [6.07, 6.45) is 0.209. The second-order valence-electron chi connectivity index (χ2n) is 4.45. The van der Waals surface area contributed by atoms with E-state index in [2.05, 4.69) is 0 Å². The molecule has 5 heteroatoms. The Morgan fingerprint density at radius 3 is 2.35 bits per heavy atom. The molecule has 0 radical (unpaired) electrons. The summed E-state index contributed by atoms with van der Waals surface area (Å²) in [5.74, 6) is -1.95. The zero-order valence-electron chi connectivity index (χ0n) is 10.9. The van der Waals surface area contributed by atoms with Crippen LogP contribution in [-0.4, -0.2) is 7.11 Å². The molecular formula is C15H14F3NO. The molecule has 0 aliphatic rings. The molecule has 0 bridgehead atoms. The third-order valence-corrected chi connectivity index (χ3v) is 3.05. The highest BCUT2D eigenvalue weighted by atomic mass is 19.2. The van der Waals surface area contributed by atoms with Crippen LogP contribution < -0.4 is 10.5 Å². The molecule has 0 spiro atoms. The zero-order valence-corrected chi connectivity index (χ0v) is 10.9. The van der Waals surface area contributed by atoms with Crippen LogP contribution in [0.5, 0.6) is 5.75 Å². The van der Waals surface area contributed by atoms with Crippen LogP contribution in [0.1, 0.15) is 17.2 Å². The van der Waals surface area contributed by atoms with Gasteiger partial charge in [0.15, 0.2) is 11.6 Å². The van der Waals surface area contributed by atoms with Crippen molar-refractivity contribution < 1.29 is 17.9 Å². The van der Waals surface area contributed by atoms with Crippen LogP contribution in [0.3, 0.4) is 0 Å². The number of hydrogen-bond donors (Lipinski definition) is 1. The van der Waals surface area contributed by atoms with Gasteiger partial charge < -0.3 is 10.5 Å². The Morgan fingerprint density at radius 1 is 1.00 bits per heavy atom. The average Bonchev–Trinajstić information content (AvgIpc) is 2.42. The van der Waals surface area contributed by atoms with Gasteiger partial charge in [-0.2, -0.15) is 0 Å². The Bertz CT molecular complexity index is 616. The van der Waals surface area contributed by atoms with E-state index in [1.165, 1.54) is 25.3 Å². The molecule has 2 aromatic carbocycles. The van der Waals surface area contributed by atoms with E-state index in [0.717, 1.165) is 12.1 Å². The van der Waals surface area contributed by atoms with Gasteiger partial charge in [-0.1, -0.05) is 12.1 Å². The molecule has 0 heterocycles. The van der Waals surface area contributed by atoms with E-state index in [4.69, 9.17) is 10.5 Å². The molecule has 2 nitrogen and oxygen atoms in total. The number of rotatable bonds is 4. The maximum absolute atomic E-state index is 13.8. The van der Waals surface area contributed by atoms with Crippen molar-refractivity contribution in [3.8, 4) is 5.75 Å². The van der Waals surface area contributed by atoms with Crippen molar-refractivity contribution in [2.24, 2.45) is 5.73 Å². The van der Waals surface area contributed by atoms with Crippen molar-refractivity contribution in [3.05, 3.63) is 65.0 Å². The van der Waals surface area contributed by atoms with Crippen LogP contribution in [0.2, 0.25) is 0 Å². The molecule has 1 atom stereocenters. The number of ether oxygens (including phenoxy) is 1. The molecule has 20 heavy (non-hydrogen) atoms. The van der Waals surface area contributed by atoms with Crippen molar-refractivity contribution in [2.45, 2.75) is 12.5 Å². The standard InChI is InChI=1S/C15H14F3NO/c1-20-10-3-4-11(13(17)8-10)15(19)7-9-2-5-12(16)14(18)6-9/h2-6,8,15H,7,19H2,1H3. The molecule has 0 amide bonds. The molecule has 0 aliphatic carbocycles. The molecule has 0 saturated carbocycles. The second-order valence-corrected chi connectivity index (χ2v) is 4.45. The van der Waals surface area contributed by atoms with Gasteiger partial charge in [0.2, 0.25) is 0 Å². The highest BCUT2D eigenvalue weighted by Crippen LogP contribution is 2.23. The first kappa shape index (κ1) is 14.4. The van der Waals surface area contributed by atoms with E-state index in [1.807, 2.05) is 0 Å². The zero-order chi connectivity index (χ0) is 14.7.